The van der Waals surface area contributed by atoms with Crippen LogP contribution in [-0.2, 0) is 10.0 Å². The lowest BCUT2D eigenvalue weighted by Gasteiger charge is -2.08. The van der Waals surface area contributed by atoms with Crippen molar-refractivity contribution in [2.75, 3.05) is 6.54 Å². The van der Waals surface area contributed by atoms with Crippen molar-refractivity contribution in [2.24, 2.45) is 0 Å². The lowest BCUT2D eigenvalue weighted by atomic mass is 10.2. The van der Waals surface area contributed by atoms with E-state index in [0.29, 0.717) is 16.0 Å². The van der Waals surface area contributed by atoms with Gasteiger partial charge in [0.05, 0.1) is 4.90 Å². The quantitative estimate of drug-likeness (QED) is 0.468. The number of benzene rings is 1. The van der Waals surface area contributed by atoms with E-state index in [-0.39, 0.29) is 10.7 Å². The van der Waals surface area contributed by atoms with E-state index in [4.69, 9.17) is 0 Å². The standard InChI is InChI=1S/C12H16INO3S/c1-9(13)7-8-14-18(16,17)12-5-3-11(4-6-12)10(2)15/h3-6,9,14H,7-8H2,1-2H3. The highest BCUT2D eigenvalue weighted by Crippen LogP contribution is 2.11. The molecule has 0 spiro atoms. The van der Waals surface area contributed by atoms with E-state index in [1.54, 1.807) is 0 Å². The number of rotatable bonds is 6. The highest BCUT2D eigenvalue weighted by atomic mass is 127. The topological polar surface area (TPSA) is 63.2 Å². The summed E-state index contributed by atoms with van der Waals surface area (Å²) in [5.74, 6) is -0.0781. The van der Waals surface area contributed by atoms with Crippen LogP contribution in [0, 0.1) is 0 Å². The normalized spacial score (nSPS) is 13.3. The van der Waals surface area contributed by atoms with E-state index in [1.807, 2.05) is 6.92 Å². The number of hydrogen-bond acceptors (Lipinski definition) is 3. The highest BCUT2D eigenvalue weighted by molar-refractivity contribution is 14.1. The van der Waals surface area contributed by atoms with E-state index in [9.17, 15) is 13.2 Å². The van der Waals surface area contributed by atoms with Gasteiger partial charge in [0.25, 0.3) is 0 Å². The third-order valence-corrected chi connectivity index (χ3v) is 4.51. The molecular formula is C12H16INO3S. The zero-order valence-corrected chi connectivity index (χ0v) is 13.3. The Morgan fingerprint density at radius 1 is 1.33 bits per heavy atom. The monoisotopic (exact) mass is 381 g/mol. The maximum absolute atomic E-state index is 11.9. The summed E-state index contributed by atoms with van der Waals surface area (Å²) in [6, 6.07) is 5.95. The number of sulfonamides is 1. The molecule has 18 heavy (non-hydrogen) atoms. The first-order chi connectivity index (χ1) is 8.33. The molecule has 0 bridgehead atoms. The van der Waals surface area contributed by atoms with Crippen LogP contribution in [0.1, 0.15) is 30.6 Å². The number of carbonyl (C=O) groups is 1. The van der Waals surface area contributed by atoms with Crippen LogP contribution in [0.2, 0.25) is 0 Å². The van der Waals surface area contributed by atoms with E-state index >= 15 is 0 Å². The Morgan fingerprint density at radius 3 is 2.33 bits per heavy atom. The van der Waals surface area contributed by atoms with Gasteiger partial charge < -0.3 is 0 Å². The van der Waals surface area contributed by atoms with Crippen LogP contribution in [0.15, 0.2) is 29.2 Å². The van der Waals surface area contributed by atoms with Gasteiger partial charge in [0.1, 0.15) is 0 Å². The maximum atomic E-state index is 11.9. The molecule has 0 amide bonds. The molecule has 0 aliphatic carbocycles. The lowest BCUT2D eigenvalue weighted by molar-refractivity contribution is 0.101. The molecular weight excluding hydrogens is 365 g/mol. The number of Topliss-reactive ketones (excluding diaryl/α,β-unsaturated/α-hetero) is 1. The minimum Gasteiger partial charge on any atom is -0.295 e. The second-order valence-corrected chi connectivity index (χ2v) is 7.94. The van der Waals surface area contributed by atoms with Crippen LogP contribution in [0.5, 0.6) is 0 Å². The minimum absolute atomic E-state index is 0.0781. The van der Waals surface area contributed by atoms with Crippen molar-refractivity contribution in [3.8, 4) is 0 Å². The molecule has 0 heterocycles. The van der Waals surface area contributed by atoms with Crippen LogP contribution in [-0.4, -0.2) is 24.7 Å². The van der Waals surface area contributed by atoms with Crippen LogP contribution in [0.25, 0.3) is 0 Å². The summed E-state index contributed by atoms with van der Waals surface area (Å²) in [6.07, 6.45) is 0.783. The van der Waals surface area contributed by atoms with Crippen molar-refractivity contribution >= 4 is 38.4 Å². The molecule has 1 aromatic rings. The summed E-state index contributed by atoms with van der Waals surface area (Å²) in [4.78, 5) is 11.3. The number of ketones is 1. The predicted molar refractivity (Wildman–Crippen MR) is 79.7 cm³/mol. The van der Waals surface area contributed by atoms with Gasteiger partial charge in [-0.2, -0.15) is 0 Å². The number of alkyl halides is 1. The summed E-state index contributed by atoms with van der Waals surface area (Å²) in [5, 5.41) is 0. The molecule has 1 unspecified atom stereocenters. The third kappa shape index (κ3) is 4.66. The first-order valence-corrected chi connectivity index (χ1v) is 8.30. The molecule has 1 rings (SSSR count). The lowest BCUT2D eigenvalue weighted by Crippen LogP contribution is -2.25. The van der Waals surface area contributed by atoms with E-state index in [1.165, 1.54) is 31.2 Å². The largest absolute Gasteiger partial charge is 0.295 e. The Balaban J connectivity index is 2.76. The van der Waals surface area contributed by atoms with Crippen molar-refractivity contribution in [1.29, 1.82) is 0 Å². The molecule has 100 valence electrons. The van der Waals surface area contributed by atoms with Gasteiger partial charge in [-0.05, 0) is 25.5 Å². The molecule has 6 heteroatoms. The molecule has 0 saturated heterocycles. The van der Waals surface area contributed by atoms with Gasteiger partial charge in [0, 0.05) is 16.0 Å². The zero-order valence-electron chi connectivity index (χ0n) is 10.3. The third-order valence-electron chi connectivity index (χ3n) is 2.41. The van der Waals surface area contributed by atoms with Crippen molar-refractivity contribution in [3.63, 3.8) is 0 Å². The molecule has 0 fully saturated rings. The van der Waals surface area contributed by atoms with Crippen molar-refractivity contribution in [1.82, 2.24) is 4.72 Å². The molecule has 0 saturated carbocycles. The van der Waals surface area contributed by atoms with Crippen LogP contribution in [0.4, 0.5) is 0 Å². The molecule has 0 aliphatic rings. The first kappa shape index (κ1) is 15.6. The Labute approximate surface area is 121 Å². The number of carbonyl (C=O) groups excluding carboxylic acids is 1. The summed E-state index contributed by atoms with van der Waals surface area (Å²) < 4.78 is 26.8. The predicted octanol–water partition coefficient (Wildman–Crippen LogP) is 2.38. The van der Waals surface area contributed by atoms with Crippen molar-refractivity contribution in [2.45, 2.75) is 29.1 Å². The molecule has 4 nitrogen and oxygen atoms in total. The summed E-state index contributed by atoms with van der Waals surface area (Å²) in [7, 11) is -3.46. The van der Waals surface area contributed by atoms with Crippen molar-refractivity contribution in [3.05, 3.63) is 29.8 Å². The molecule has 1 aromatic carbocycles. The fraction of sp³-hybridized carbons (Fsp3) is 0.417. The zero-order chi connectivity index (χ0) is 13.8. The molecule has 0 aromatic heterocycles. The van der Waals surface area contributed by atoms with Gasteiger partial charge in [0.15, 0.2) is 5.78 Å². The van der Waals surface area contributed by atoms with E-state index in [0.717, 1.165) is 6.42 Å². The second-order valence-electron chi connectivity index (χ2n) is 4.05. The summed E-state index contributed by atoms with van der Waals surface area (Å²) >= 11 is 2.25. The van der Waals surface area contributed by atoms with E-state index in [2.05, 4.69) is 27.3 Å². The maximum Gasteiger partial charge on any atom is 0.240 e. The minimum atomic E-state index is -3.46. The fourth-order valence-electron chi connectivity index (χ4n) is 1.34. The number of hydrogen-bond donors (Lipinski definition) is 1. The molecule has 0 radical (unpaired) electrons. The summed E-state index contributed by atoms with van der Waals surface area (Å²) in [5.41, 5.74) is 0.509. The smallest absolute Gasteiger partial charge is 0.240 e. The van der Waals surface area contributed by atoms with Gasteiger partial charge in [-0.25, -0.2) is 13.1 Å². The van der Waals surface area contributed by atoms with Gasteiger partial charge in [-0.1, -0.05) is 41.6 Å². The Bertz CT molecular complexity index is 509. The van der Waals surface area contributed by atoms with Crippen LogP contribution in [0.3, 0.4) is 0 Å². The second kappa shape index (κ2) is 6.63. The summed E-state index contributed by atoms with van der Waals surface area (Å²) in [6.45, 7) is 3.89. The Hall–Kier alpha value is -0.470. The van der Waals surface area contributed by atoms with Gasteiger partial charge in [-0.15, -0.1) is 0 Å². The molecule has 1 N–H and O–H groups in total. The van der Waals surface area contributed by atoms with Gasteiger partial charge in [0.2, 0.25) is 10.0 Å². The van der Waals surface area contributed by atoms with Crippen molar-refractivity contribution < 1.29 is 13.2 Å². The number of nitrogens with one attached hydrogen (secondary N) is 1. The Morgan fingerprint density at radius 2 is 1.89 bits per heavy atom. The first-order valence-electron chi connectivity index (χ1n) is 5.57. The average Bonchev–Trinajstić information content (AvgIpc) is 2.28. The molecule has 1 atom stereocenters. The molecule has 0 aliphatic heterocycles. The Kier molecular flexibility index (Phi) is 5.74. The average molecular weight is 381 g/mol. The van der Waals surface area contributed by atoms with Gasteiger partial charge in [-0.3, -0.25) is 4.79 Å². The fourth-order valence-corrected chi connectivity index (χ4v) is 2.70. The van der Waals surface area contributed by atoms with E-state index < -0.39 is 10.0 Å². The van der Waals surface area contributed by atoms with Crippen LogP contribution >= 0.6 is 22.6 Å². The van der Waals surface area contributed by atoms with Crippen LogP contribution < -0.4 is 4.72 Å². The highest BCUT2D eigenvalue weighted by Gasteiger charge is 2.13. The number of halogens is 1. The van der Waals surface area contributed by atoms with Gasteiger partial charge >= 0.3 is 0 Å². The SMILES string of the molecule is CC(=O)c1ccc(S(=O)(=O)NCCC(C)I)cc1.